The molecule has 30 heavy (non-hydrogen) atoms. The van der Waals surface area contributed by atoms with Gasteiger partial charge in [0, 0.05) is 6.42 Å². The zero-order valence-corrected chi connectivity index (χ0v) is 17.9. The maximum Gasteiger partial charge on any atom is 0.197 e. The fraction of sp³-hybridized carbons (Fsp3) is 0.286. The first kappa shape index (κ1) is 19.1. The van der Waals surface area contributed by atoms with Crippen molar-refractivity contribution in [2.45, 2.75) is 51.9 Å². The quantitative estimate of drug-likeness (QED) is 0.247. The molecule has 1 aliphatic carbocycles. The predicted molar refractivity (Wildman–Crippen MR) is 124 cm³/mol. The summed E-state index contributed by atoms with van der Waals surface area (Å²) in [5, 5.41) is 5.27. The van der Waals surface area contributed by atoms with Crippen molar-refractivity contribution >= 4 is 21.5 Å². The van der Waals surface area contributed by atoms with Crippen molar-refractivity contribution < 1.29 is 9.47 Å². The zero-order valence-electron chi connectivity index (χ0n) is 17.9. The Labute approximate surface area is 178 Å². The van der Waals surface area contributed by atoms with E-state index in [-0.39, 0.29) is 12.4 Å². The first-order valence-electron chi connectivity index (χ1n) is 11.0. The van der Waals surface area contributed by atoms with Crippen LogP contribution < -0.4 is 4.74 Å². The Hall–Kier alpha value is -2.84. The average molecular weight is 397 g/mol. The fourth-order valence-electron chi connectivity index (χ4n) is 4.72. The maximum absolute atomic E-state index is 6.41. The van der Waals surface area contributed by atoms with Crippen molar-refractivity contribution in [3.8, 4) is 5.75 Å². The zero-order chi connectivity index (χ0) is 20.7. The molecular weight excluding hydrogens is 368 g/mol. The third-order valence-electron chi connectivity index (χ3n) is 6.48. The first-order chi connectivity index (χ1) is 14.6. The van der Waals surface area contributed by atoms with Crippen molar-refractivity contribution in [3.05, 3.63) is 89.5 Å². The molecule has 3 unspecified atom stereocenters. The lowest BCUT2D eigenvalue weighted by Crippen LogP contribution is -2.19. The van der Waals surface area contributed by atoms with E-state index in [1.165, 1.54) is 38.2 Å². The Bertz CT molecular complexity index is 1190. The SMILES string of the molecule is CCC(C)c1ccc(OC(C)OC2Cc3c4ccccc4cc4cccc2c34)cc1. The Morgan fingerprint density at radius 1 is 0.900 bits per heavy atom. The molecule has 0 saturated heterocycles. The van der Waals surface area contributed by atoms with Crippen molar-refractivity contribution in [3.63, 3.8) is 0 Å². The van der Waals surface area contributed by atoms with Gasteiger partial charge in [-0.15, -0.1) is 0 Å². The Morgan fingerprint density at radius 3 is 2.47 bits per heavy atom. The van der Waals surface area contributed by atoms with Gasteiger partial charge < -0.3 is 9.47 Å². The lowest BCUT2D eigenvalue weighted by molar-refractivity contribution is -0.107. The second-order valence-corrected chi connectivity index (χ2v) is 8.41. The molecule has 0 N–H and O–H groups in total. The van der Waals surface area contributed by atoms with E-state index >= 15 is 0 Å². The number of benzene rings is 4. The van der Waals surface area contributed by atoms with Gasteiger partial charge in [-0.2, -0.15) is 0 Å². The topological polar surface area (TPSA) is 18.5 Å². The number of ether oxygens (including phenoxy) is 2. The van der Waals surface area contributed by atoms with Crippen molar-refractivity contribution in [2.24, 2.45) is 0 Å². The van der Waals surface area contributed by atoms with Gasteiger partial charge in [0.05, 0.1) is 6.10 Å². The predicted octanol–water partition coefficient (Wildman–Crippen LogP) is 7.55. The second-order valence-electron chi connectivity index (χ2n) is 8.41. The molecule has 0 heterocycles. The van der Waals surface area contributed by atoms with E-state index in [2.05, 4.69) is 86.6 Å². The van der Waals surface area contributed by atoms with Crippen LogP contribution in [-0.2, 0) is 11.2 Å². The summed E-state index contributed by atoms with van der Waals surface area (Å²) >= 11 is 0. The molecule has 2 nitrogen and oxygen atoms in total. The smallest absolute Gasteiger partial charge is 0.197 e. The summed E-state index contributed by atoms with van der Waals surface area (Å²) in [4.78, 5) is 0. The largest absolute Gasteiger partial charge is 0.465 e. The molecule has 0 bridgehead atoms. The molecule has 5 rings (SSSR count). The van der Waals surface area contributed by atoms with Gasteiger partial charge in [0.2, 0.25) is 0 Å². The van der Waals surface area contributed by atoms with Gasteiger partial charge in [0.15, 0.2) is 6.29 Å². The van der Waals surface area contributed by atoms with Crippen LogP contribution in [0.1, 0.15) is 55.9 Å². The van der Waals surface area contributed by atoms with Gasteiger partial charge in [0.1, 0.15) is 5.75 Å². The Balaban J connectivity index is 1.37. The molecule has 0 radical (unpaired) electrons. The lowest BCUT2D eigenvalue weighted by atomic mass is 9.98. The van der Waals surface area contributed by atoms with E-state index in [1.807, 2.05) is 6.92 Å². The van der Waals surface area contributed by atoms with Gasteiger partial charge in [-0.3, -0.25) is 0 Å². The molecule has 0 saturated carbocycles. The Kier molecular flexibility index (Phi) is 4.96. The highest BCUT2D eigenvalue weighted by atomic mass is 16.7. The highest BCUT2D eigenvalue weighted by Gasteiger charge is 2.28. The summed E-state index contributed by atoms with van der Waals surface area (Å²) in [5.41, 5.74) is 4.02. The number of rotatable bonds is 6. The summed E-state index contributed by atoms with van der Waals surface area (Å²) in [6, 6.07) is 25.9. The summed E-state index contributed by atoms with van der Waals surface area (Å²) in [5.74, 6) is 1.42. The monoisotopic (exact) mass is 396 g/mol. The molecule has 0 fully saturated rings. The van der Waals surface area contributed by atoms with Gasteiger partial charge in [-0.1, -0.05) is 68.4 Å². The van der Waals surface area contributed by atoms with Gasteiger partial charge in [-0.05, 0) is 75.7 Å². The van der Waals surface area contributed by atoms with Crippen LogP contribution in [-0.4, -0.2) is 6.29 Å². The first-order valence-corrected chi connectivity index (χ1v) is 11.0. The van der Waals surface area contributed by atoms with E-state index in [0.717, 1.165) is 18.6 Å². The van der Waals surface area contributed by atoms with E-state index < -0.39 is 0 Å². The number of hydrogen-bond donors (Lipinski definition) is 0. The molecule has 0 spiro atoms. The van der Waals surface area contributed by atoms with Crippen molar-refractivity contribution in [1.29, 1.82) is 0 Å². The van der Waals surface area contributed by atoms with Crippen molar-refractivity contribution in [2.75, 3.05) is 0 Å². The van der Waals surface area contributed by atoms with Crippen LogP contribution in [0.2, 0.25) is 0 Å². The molecule has 0 aliphatic heterocycles. The second kappa shape index (κ2) is 7.77. The summed E-state index contributed by atoms with van der Waals surface area (Å²) in [6.45, 7) is 6.46. The fourth-order valence-corrected chi connectivity index (χ4v) is 4.72. The summed E-state index contributed by atoms with van der Waals surface area (Å²) < 4.78 is 12.5. The van der Waals surface area contributed by atoms with Crippen LogP contribution in [0.4, 0.5) is 0 Å². The summed E-state index contributed by atoms with van der Waals surface area (Å²) in [6.07, 6.45) is 1.73. The number of fused-ring (bicyclic) bond motifs is 2. The highest BCUT2D eigenvalue weighted by Crippen LogP contribution is 2.43. The van der Waals surface area contributed by atoms with E-state index in [1.54, 1.807) is 0 Å². The van der Waals surface area contributed by atoms with Crippen LogP contribution >= 0.6 is 0 Å². The molecule has 1 aliphatic rings. The van der Waals surface area contributed by atoms with Gasteiger partial charge >= 0.3 is 0 Å². The minimum Gasteiger partial charge on any atom is -0.465 e. The summed E-state index contributed by atoms with van der Waals surface area (Å²) in [7, 11) is 0. The molecule has 2 heteroatoms. The van der Waals surface area contributed by atoms with Crippen LogP contribution in [0.15, 0.2) is 72.8 Å². The molecule has 0 aromatic heterocycles. The van der Waals surface area contributed by atoms with Crippen LogP contribution in [0, 0.1) is 0 Å². The molecule has 4 aromatic carbocycles. The van der Waals surface area contributed by atoms with Gasteiger partial charge in [-0.25, -0.2) is 0 Å². The number of hydrogen-bond acceptors (Lipinski definition) is 2. The standard InChI is InChI=1S/C28H28O2/c1-4-18(2)20-12-14-23(15-13-20)29-19(3)30-27-17-26-24-10-6-5-8-21(24)16-22-9-7-11-25(27)28(22)26/h5-16,18-19,27H,4,17H2,1-3H3. The van der Waals surface area contributed by atoms with Gasteiger partial charge in [0.25, 0.3) is 0 Å². The van der Waals surface area contributed by atoms with E-state index in [9.17, 15) is 0 Å². The van der Waals surface area contributed by atoms with E-state index in [4.69, 9.17) is 9.47 Å². The van der Waals surface area contributed by atoms with Crippen LogP contribution in [0.25, 0.3) is 21.5 Å². The molecule has 4 aromatic rings. The van der Waals surface area contributed by atoms with E-state index in [0.29, 0.717) is 5.92 Å². The molecule has 152 valence electrons. The van der Waals surface area contributed by atoms with Crippen LogP contribution in [0.3, 0.4) is 0 Å². The minimum atomic E-state index is -0.319. The Morgan fingerprint density at radius 2 is 1.67 bits per heavy atom. The minimum absolute atomic E-state index is 0.0175. The van der Waals surface area contributed by atoms with Crippen molar-refractivity contribution in [1.82, 2.24) is 0 Å². The molecule has 3 atom stereocenters. The maximum atomic E-state index is 6.41. The molecular formula is C28H28O2. The van der Waals surface area contributed by atoms with Crippen LogP contribution in [0.5, 0.6) is 5.75 Å². The normalized spacial score (nSPS) is 17.4. The average Bonchev–Trinajstić information content (AvgIpc) is 3.13. The third kappa shape index (κ3) is 3.36. The third-order valence-corrected chi connectivity index (χ3v) is 6.48. The lowest BCUT2D eigenvalue weighted by Gasteiger charge is -2.21. The highest BCUT2D eigenvalue weighted by molar-refractivity contribution is 6.05. The molecule has 0 amide bonds.